The van der Waals surface area contributed by atoms with Crippen molar-refractivity contribution in [2.45, 2.75) is 33.0 Å². The van der Waals surface area contributed by atoms with E-state index in [9.17, 15) is 14.0 Å². The zero-order valence-corrected chi connectivity index (χ0v) is 15.5. The molecule has 0 aliphatic rings. The Morgan fingerprint density at radius 1 is 1.11 bits per heavy atom. The zero-order chi connectivity index (χ0) is 19.8. The summed E-state index contributed by atoms with van der Waals surface area (Å²) in [6.45, 7) is 3.99. The summed E-state index contributed by atoms with van der Waals surface area (Å²) in [6.07, 6.45) is 0. The van der Waals surface area contributed by atoms with Gasteiger partial charge in [0.15, 0.2) is 0 Å². The summed E-state index contributed by atoms with van der Waals surface area (Å²) in [6, 6.07) is 10.5. The Kier molecular flexibility index (Phi) is 7.16. The normalized spacial score (nSPS) is 10.4. The molecular formula is C20H23FN2O4. The highest BCUT2D eigenvalue weighted by atomic mass is 19.1. The number of carbonyl (C=O) groups excluding carboxylic acids is 2. The Morgan fingerprint density at radius 3 is 2.44 bits per heavy atom. The molecule has 7 heteroatoms. The van der Waals surface area contributed by atoms with E-state index in [1.54, 1.807) is 24.3 Å². The molecule has 0 heterocycles. The van der Waals surface area contributed by atoms with Crippen LogP contribution in [0, 0.1) is 5.82 Å². The van der Waals surface area contributed by atoms with Crippen LogP contribution in [-0.4, -0.2) is 25.2 Å². The maximum Gasteiger partial charge on any atom is 0.338 e. The molecule has 0 fully saturated rings. The van der Waals surface area contributed by atoms with E-state index >= 15 is 0 Å². The summed E-state index contributed by atoms with van der Waals surface area (Å²) in [5.41, 5.74) is 1.65. The van der Waals surface area contributed by atoms with Gasteiger partial charge in [0.05, 0.1) is 12.7 Å². The van der Waals surface area contributed by atoms with Gasteiger partial charge in [-0.1, -0.05) is 12.1 Å². The largest absolute Gasteiger partial charge is 0.496 e. The van der Waals surface area contributed by atoms with Crippen molar-refractivity contribution >= 4 is 12.0 Å². The van der Waals surface area contributed by atoms with E-state index < -0.39 is 11.8 Å². The number of amides is 2. The predicted molar refractivity (Wildman–Crippen MR) is 99.0 cm³/mol. The van der Waals surface area contributed by atoms with E-state index in [1.807, 2.05) is 13.8 Å². The van der Waals surface area contributed by atoms with E-state index in [1.165, 1.54) is 25.3 Å². The molecule has 2 aromatic rings. The Hall–Kier alpha value is -3.09. The predicted octanol–water partition coefficient (Wildman–Crippen LogP) is 3.40. The average Bonchev–Trinajstić information content (AvgIpc) is 2.64. The number of rotatable bonds is 7. The second-order valence-electron chi connectivity index (χ2n) is 6.21. The van der Waals surface area contributed by atoms with Crippen molar-refractivity contribution in [3.63, 3.8) is 0 Å². The molecule has 0 unspecified atom stereocenters. The van der Waals surface area contributed by atoms with Crippen LogP contribution in [0.4, 0.5) is 9.18 Å². The smallest absolute Gasteiger partial charge is 0.338 e. The zero-order valence-electron chi connectivity index (χ0n) is 15.5. The van der Waals surface area contributed by atoms with Crippen molar-refractivity contribution in [2.24, 2.45) is 0 Å². The molecule has 0 saturated carbocycles. The van der Waals surface area contributed by atoms with Gasteiger partial charge in [0.2, 0.25) is 0 Å². The van der Waals surface area contributed by atoms with Gasteiger partial charge in [0.1, 0.15) is 18.2 Å². The number of ether oxygens (including phenoxy) is 2. The Morgan fingerprint density at radius 2 is 1.81 bits per heavy atom. The van der Waals surface area contributed by atoms with Crippen LogP contribution in [0.25, 0.3) is 0 Å². The topological polar surface area (TPSA) is 76.7 Å². The van der Waals surface area contributed by atoms with Crippen molar-refractivity contribution in [2.75, 3.05) is 7.11 Å². The Labute approximate surface area is 157 Å². The number of hydrogen-bond acceptors (Lipinski definition) is 4. The molecule has 27 heavy (non-hydrogen) atoms. The molecular weight excluding hydrogens is 351 g/mol. The van der Waals surface area contributed by atoms with Crippen LogP contribution in [0.2, 0.25) is 0 Å². The molecule has 0 saturated heterocycles. The Bertz CT molecular complexity index is 791. The highest BCUT2D eigenvalue weighted by molar-refractivity contribution is 5.89. The van der Waals surface area contributed by atoms with Gasteiger partial charge in [-0.3, -0.25) is 0 Å². The number of urea groups is 1. The summed E-state index contributed by atoms with van der Waals surface area (Å²) >= 11 is 0. The fourth-order valence-electron chi connectivity index (χ4n) is 2.34. The van der Waals surface area contributed by atoms with E-state index in [0.717, 1.165) is 5.56 Å². The van der Waals surface area contributed by atoms with Crippen molar-refractivity contribution in [1.82, 2.24) is 10.6 Å². The molecule has 2 N–H and O–H groups in total. The maximum atomic E-state index is 13.3. The third-order valence-electron chi connectivity index (χ3n) is 3.66. The maximum absolute atomic E-state index is 13.3. The third-order valence-corrected chi connectivity index (χ3v) is 3.66. The highest BCUT2D eigenvalue weighted by Gasteiger charge is 2.11. The molecule has 2 amide bonds. The first-order valence-electron chi connectivity index (χ1n) is 8.52. The first-order chi connectivity index (χ1) is 12.9. The van der Waals surface area contributed by atoms with Gasteiger partial charge in [0, 0.05) is 18.2 Å². The number of methoxy groups -OCH3 is 1. The van der Waals surface area contributed by atoms with Gasteiger partial charge in [-0.05, 0) is 49.7 Å². The summed E-state index contributed by atoms with van der Waals surface area (Å²) in [4.78, 5) is 23.7. The lowest BCUT2D eigenvalue weighted by atomic mass is 10.1. The monoisotopic (exact) mass is 374 g/mol. The fourth-order valence-corrected chi connectivity index (χ4v) is 2.34. The van der Waals surface area contributed by atoms with Crippen LogP contribution in [0.1, 0.15) is 35.3 Å². The second kappa shape index (κ2) is 9.56. The molecule has 0 aromatic heterocycles. The van der Waals surface area contributed by atoms with Gasteiger partial charge in [-0.15, -0.1) is 0 Å². The van der Waals surface area contributed by atoms with Crippen LogP contribution in [0.5, 0.6) is 5.75 Å². The van der Waals surface area contributed by atoms with Crippen molar-refractivity contribution in [1.29, 1.82) is 0 Å². The number of esters is 1. The summed E-state index contributed by atoms with van der Waals surface area (Å²) in [5.74, 6) is -0.510. The van der Waals surface area contributed by atoms with Crippen LogP contribution >= 0.6 is 0 Å². The minimum Gasteiger partial charge on any atom is -0.496 e. The molecule has 0 aliphatic heterocycles. The van der Waals surface area contributed by atoms with Gasteiger partial charge in [-0.2, -0.15) is 0 Å². The van der Waals surface area contributed by atoms with Gasteiger partial charge in [0.25, 0.3) is 0 Å². The van der Waals surface area contributed by atoms with E-state index in [4.69, 9.17) is 9.47 Å². The van der Waals surface area contributed by atoms with Gasteiger partial charge >= 0.3 is 12.0 Å². The first kappa shape index (κ1) is 20.2. The quantitative estimate of drug-likeness (QED) is 0.729. The van der Waals surface area contributed by atoms with E-state index in [-0.39, 0.29) is 18.7 Å². The molecule has 2 rings (SSSR count). The molecule has 144 valence electrons. The Balaban J connectivity index is 1.90. The number of halogens is 1. The number of carbonyl (C=O) groups is 2. The molecule has 2 aromatic carbocycles. The standard InChI is InChI=1S/C20H23FN2O4/c1-13(2)23-20(25)22-11-14-4-6-15(7-5-14)19(24)27-12-16-10-17(21)8-9-18(16)26-3/h4-10,13H,11-12H2,1-3H3,(H2,22,23,25). The number of hydrogen-bond donors (Lipinski definition) is 2. The molecule has 0 aliphatic carbocycles. The van der Waals surface area contributed by atoms with Crippen LogP contribution in [0.3, 0.4) is 0 Å². The second-order valence-corrected chi connectivity index (χ2v) is 6.21. The van der Waals surface area contributed by atoms with E-state index in [0.29, 0.717) is 23.4 Å². The summed E-state index contributed by atoms with van der Waals surface area (Å²) in [5, 5.41) is 5.46. The van der Waals surface area contributed by atoms with Gasteiger partial charge < -0.3 is 20.1 Å². The fraction of sp³-hybridized carbons (Fsp3) is 0.300. The lowest BCUT2D eigenvalue weighted by molar-refractivity contribution is 0.0469. The lowest BCUT2D eigenvalue weighted by Crippen LogP contribution is -2.39. The molecule has 0 spiro atoms. The summed E-state index contributed by atoms with van der Waals surface area (Å²) in [7, 11) is 1.47. The number of nitrogens with one attached hydrogen (secondary N) is 2. The molecule has 0 bridgehead atoms. The average molecular weight is 374 g/mol. The minimum atomic E-state index is -0.529. The summed E-state index contributed by atoms with van der Waals surface area (Å²) < 4.78 is 23.7. The molecule has 6 nitrogen and oxygen atoms in total. The molecule has 0 radical (unpaired) electrons. The van der Waals surface area contributed by atoms with Crippen molar-refractivity contribution in [3.05, 3.63) is 65.0 Å². The van der Waals surface area contributed by atoms with Crippen molar-refractivity contribution < 1.29 is 23.5 Å². The van der Waals surface area contributed by atoms with Crippen LogP contribution in [-0.2, 0) is 17.9 Å². The third kappa shape index (κ3) is 6.29. The van der Waals surface area contributed by atoms with Crippen LogP contribution < -0.4 is 15.4 Å². The number of benzene rings is 2. The minimum absolute atomic E-state index is 0.0545. The van der Waals surface area contributed by atoms with E-state index in [2.05, 4.69) is 10.6 Å². The van der Waals surface area contributed by atoms with Gasteiger partial charge in [-0.25, -0.2) is 14.0 Å². The highest BCUT2D eigenvalue weighted by Crippen LogP contribution is 2.20. The van der Waals surface area contributed by atoms with Crippen molar-refractivity contribution in [3.8, 4) is 5.75 Å². The first-order valence-corrected chi connectivity index (χ1v) is 8.52. The lowest BCUT2D eigenvalue weighted by Gasteiger charge is -2.11. The SMILES string of the molecule is COc1ccc(F)cc1COC(=O)c1ccc(CNC(=O)NC(C)C)cc1. The van der Waals surface area contributed by atoms with Crippen LogP contribution in [0.15, 0.2) is 42.5 Å². The molecule has 0 atom stereocenters.